The maximum Gasteiger partial charge on any atom is 0.221 e. The fraction of sp³-hybridized carbons (Fsp3) is 0.462. The number of nitrogens with zero attached hydrogens (tertiary/aromatic N) is 1. The molecule has 1 heterocycles. The molecule has 1 aliphatic heterocycles. The van der Waals surface area contributed by atoms with E-state index in [1.807, 2.05) is 12.1 Å². The third-order valence-corrected chi connectivity index (χ3v) is 3.80. The predicted octanol–water partition coefficient (Wildman–Crippen LogP) is 1.76. The molecule has 2 rings (SSSR count). The zero-order chi connectivity index (χ0) is 13.1. The first-order valence-electron chi connectivity index (χ1n) is 5.94. The molecule has 1 unspecified atom stereocenters. The highest BCUT2D eigenvalue weighted by molar-refractivity contribution is 9.10. The molecule has 0 saturated carbocycles. The topological polar surface area (TPSA) is 55.6 Å². The number of hydrogen-bond donors (Lipinski definition) is 1. The summed E-state index contributed by atoms with van der Waals surface area (Å²) in [5, 5.41) is 0. The van der Waals surface area contributed by atoms with Crippen LogP contribution in [0, 0.1) is 5.92 Å². The number of carbonyl (C=O) groups is 1. The summed E-state index contributed by atoms with van der Waals surface area (Å²) in [6.45, 7) is 2.43. The molecule has 0 spiro atoms. The Balaban J connectivity index is 2.06. The molecule has 1 aromatic carbocycles. The zero-order valence-electron chi connectivity index (χ0n) is 10.4. The molecule has 1 aliphatic rings. The molecular formula is C13H17BrN2O2. The van der Waals surface area contributed by atoms with Gasteiger partial charge in [0, 0.05) is 23.1 Å². The minimum Gasteiger partial charge on any atom is -0.496 e. The van der Waals surface area contributed by atoms with Gasteiger partial charge >= 0.3 is 0 Å². The van der Waals surface area contributed by atoms with E-state index in [1.54, 1.807) is 7.11 Å². The van der Waals surface area contributed by atoms with E-state index >= 15 is 0 Å². The molecule has 0 radical (unpaired) electrons. The smallest absolute Gasteiger partial charge is 0.221 e. The molecule has 1 atom stereocenters. The summed E-state index contributed by atoms with van der Waals surface area (Å²) in [4.78, 5) is 13.4. The summed E-state index contributed by atoms with van der Waals surface area (Å²) < 4.78 is 6.38. The number of benzene rings is 1. The predicted molar refractivity (Wildman–Crippen MR) is 73.3 cm³/mol. The van der Waals surface area contributed by atoms with E-state index in [2.05, 4.69) is 26.9 Å². The highest BCUT2D eigenvalue weighted by atomic mass is 79.9. The van der Waals surface area contributed by atoms with E-state index in [0.29, 0.717) is 0 Å². The van der Waals surface area contributed by atoms with Gasteiger partial charge in [-0.3, -0.25) is 9.69 Å². The maximum atomic E-state index is 11.1. The number of hydrogen-bond acceptors (Lipinski definition) is 3. The van der Waals surface area contributed by atoms with Gasteiger partial charge in [0.15, 0.2) is 0 Å². The normalized spacial score (nSPS) is 20.0. The van der Waals surface area contributed by atoms with Crippen molar-refractivity contribution in [2.45, 2.75) is 13.0 Å². The van der Waals surface area contributed by atoms with Crippen LogP contribution >= 0.6 is 15.9 Å². The molecule has 98 valence electrons. The number of methoxy groups -OCH3 is 1. The van der Waals surface area contributed by atoms with E-state index in [0.717, 1.165) is 41.8 Å². The number of ether oxygens (including phenoxy) is 1. The minimum atomic E-state index is -0.196. The van der Waals surface area contributed by atoms with Gasteiger partial charge in [0.05, 0.1) is 13.0 Å². The lowest BCUT2D eigenvalue weighted by atomic mass is 10.1. The number of rotatable bonds is 4. The van der Waals surface area contributed by atoms with Crippen molar-refractivity contribution >= 4 is 21.8 Å². The van der Waals surface area contributed by atoms with Crippen molar-refractivity contribution in [1.29, 1.82) is 0 Å². The lowest BCUT2D eigenvalue weighted by Gasteiger charge is -2.17. The standard InChI is InChI=1S/C13H17BrN2O2/c1-18-12-3-2-11(14)6-10(12)8-16-5-4-9(7-16)13(15)17/h2-3,6,9H,4-5,7-8H2,1H3,(H2,15,17). The second-order valence-corrected chi connectivity index (χ2v) is 5.49. The third-order valence-electron chi connectivity index (χ3n) is 3.31. The Labute approximate surface area is 115 Å². The van der Waals surface area contributed by atoms with Crippen LogP contribution in [0.3, 0.4) is 0 Å². The van der Waals surface area contributed by atoms with Crippen molar-refractivity contribution in [1.82, 2.24) is 4.90 Å². The number of likely N-dealkylation sites (tertiary alicyclic amines) is 1. The molecule has 0 aliphatic carbocycles. The van der Waals surface area contributed by atoms with Crippen LogP contribution in [-0.2, 0) is 11.3 Å². The molecular weight excluding hydrogens is 296 g/mol. The Bertz CT molecular complexity index is 451. The Morgan fingerprint density at radius 2 is 2.39 bits per heavy atom. The molecule has 18 heavy (non-hydrogen) atoms. The van der Waals surface area contributed by atoms with Crippen LogP contribution in [0.1, 0.15) is 12.0 Å². The SMILES string of the molecule is COc1ccc(Br)cc1CN1CCC(C(N)=O)C1. The number of nitrogens with two attached hydrogens (primary N) is 1. The van der Waals surface area contributed by atoms with E-state index < -0.39 is 0 Å². The molecule has 2 N–H and O–H groups in total. The quantitative estimate of drug-likeness (QED) is 0.921. The van der Waals surface area contributed by atoms with Crippen molar-refractivity contribution < 1.29 is 9.53 Å². The summed E-state index contributed by atoms with van der Waals surface area (Å²) in [5.41, 5.74) is 6.46. The van der Waals surface area contributed by atoms with E-state index in [9.17, 15) is 4.79 Å². The van der Waals surface area contributed by atoms with Crippen LogP contribution in [0.5, 0.6) is 5.75 Å². The van der Waals surface area contributed by atoms with Crippen LogP contribution in [0.25, 0.3) is 0 Å². The first-order chi connectivity index (χ1) is 8.60. The fourth-order valence-corrected chi connectivity index (χ4v) is 2.73. The largest absolute Gasteiger partial charge is 0.496 e. The van der Waals surface area contributed by atoms with Gasteiger partial charge in [0.2, 0.25) is 5.91 Å². The number of primary amides is 1. The van der Waals surface area contributed by atoms with Crippen LogP contribution in [-0.4, -0.2) is 31.0 Å². The molecule has 1 saturated heterocycles. The van der Waals surface area contributed by atoms with Crippen molar-refractivity contribution in [3.8, 4) is 5.75 Å². The number of carbonyl (C=O) groups excluding carboxylic acids is 1. The Hall–Kier alpha value is -1.07. The second-order valence-electron chi connectivity index (χ2n) is 4.58. The summed E-state index contributed by atoms with van der Waals surface area (Å²) in [6.07, 6.45) is 0.853. The van der Waals surface area contributed by atoms with Gasteiger partial charge in [-0.25, -0.2) is 0 Å². The maximum absolute atomic E-state index is 11.1. The van der Waals surface area contributed by atoms with Gasteiger partial charge in [0.25, 0.3) is 0 Å². The second kappa shape index (κ2) is 5.71. The number of halogens is 1. The monoisotopic (exact) mass is 312 g/mol. The van der Waals surface area contributed by atoms with Crippen LogP contribution < -0.4 is 10.5 Å². The minimum absolute atomic E-state index is 0.0110. The number of amides is 1. The summed E-state index contributed by atoms with van der Waals surface area (Å²) in [6, 6.07) is 5.95. The Morgan fingerprint density at radius 3 is 3.00 bits per heavy atom. The van der Waals surface area contributed by atoms with Crippen LogP contribution in [0.15, 0.2) is 22.7 Å². The Morgan fingerprint density at radius 1 is 1.61 bits per heavy atom. The zero-order valence-corrected chi connectivity index (χ0v) is 11.9. The molecule has 1 amide bonds. The lowest BCUT2D eigenvalue weighted by Crippen LogP contribution is -2.27. The van der Waals surface area contributed by atoms with Crippen LogP contribution in [0.2, 0.25) is 0 Å². The Kier molecular flexibility index (Phi) is 4.24. The van der Waals surface area contributed by atoms with Gasteiger partial charge in [-0.2, -0.15) is 0 Å². The molecule has 1 fully saturated rings. The average Bonchev–Trinajstić information content (AvgIpc) is 2.78. The summed E-state index contributed by atoms with van der Waals surface area (Å²) >= 11 is 3.46. The first kappa shape index (κ1) is 13.4. The first-order valence-corrected chi connectivity index (χ1v) is 6.73. The van der Waals surface area contributed by atoms with Crippen LogP contribution in [0.4, 0.5) is 0 Å². The molecule has 4 nitrogen and oxygen atoms in total. The van der Waals surface area contributed by atoms with Gasteiger partial charge in [-0.15, -0.1) is 0 Å². The average molecular weight is 313 g/mol. The lowest BCUT2D eigenvalue weighted by molar-refractivity contribution is -0.121. The summed E-state index contributed by atoms with van der Waals surface area (Å²) in [7, 11) is 1.67. The highest BCUT2D eigenvalue weighted by Crippen LogP contribution is 2.26. The molecule has 5 heteroatoms. The summed E-state index contributed by atoms with van der Waals surface area (Å²) in [5.74, 6) is 0.669. The molecule has 0 bridgehead atoms. The van der Waals surface area contributed by atoms with Crippen molar-refractivity contribution in [3.63, 3.8) is 0 Å². The van der Waals surface area contributed by atoms with Gasteiger partial charge in [-0.1, -0.05) is 15.9 Å². The van der Waals surface area contributed by atoms with Gasteiger partial charge < -0.3 is 10.5 Å². The highest BCUT2D eigenvalue weighted by Gasteiger charge is 2.26. The van der Waals surface area contributed by atoms with Gasteiger partial charge in [0.1, 0.15) is 5.75 Å². The third kappa shape index (κ3) is 3.03. The van der Waals surface area contributed by atoms with E-state index in [-0.39, 0.29) is 11.8 Å². The molecule has 1 aromatic rings. The van der Waals surface area contributed by atoms with Crippen molar-refractivity contribution in [2.75, 3.05) is 20.2 Å². The van der Waals surface area contributed by atoms with Gasteiger partial charge in [-0.05, 0) is 31.2 Å². The molecule has 0 aromatic heterocycles. The fourth-order valence-electron chi connectivity index (χ4n) is 2.32. The van der Waals surface area contributed by atoms with Crippen molar-refractivity contribution in [2.24, 2.45) is 11.7 Å². The van der Waals surface area contributed by atoms with E-state index in [4.69, 9.17) is 10.5 Å². The van der Waals surface area contributed by atoms with Crippen molar-refractivity contribution in [3.05, 3.63) is 28.2 Å². The van der Waals surface area contributed by atoms with E-state index in [1.165, 1.54) is 0 Å².